The largest absolute Gasteiger partial charge is 0.322 e. The van der Waals surface area contributed by atoms with Gasteiger partial charge in [-0.2, -0.15) is 4.31 Å². The van der Waals surface area contributed by atoms with Crippen LogP contribution in [0.4, 0.5) is 5.69 Å². The van der Waals surface area contributed by atoms with Crippen molar-refractivity contribution in [1.82, 2.24) is 9.21 Å². The van der Waals surface area contributed by atoms with Gasteiger partial charge in [0.1, 0.15) is 0 Å². The normalized spacial score (nSPS) is 16.3. The van der Waals surface area contributed by atoms with E-state index in [1.165, 1.54) is 16.4 Å². The molecule has 8 heteroatoms. The standard InChI is InChI=1S/C19H22ClN3O3S/c1-14-12-16(20)6-7-18(14)21-19(24)15-4-3-5-17(13-15)27(25,26)23-10-8-22(2)9-11-23/h3-7,12-13H,8-11H2,1-2H3,(H,21,24). The topological polar surface area (TPSA) is 69.7 Å². The maximum atomic E-state index is 12.9. The molecule has 1 aliphatic rings. The van der Waals surface area contributed by atoms with Crippen LogP contribution in [0.1, 0.15) is 15.9 Å². The minimum Gasteiger partial charge on any atom is -0.322 e. The zero-order valence-corrected chi connectivity index (χ0v) is 16.8. The number of nitrogens with one attached hydrogen (secondary N) is 1. The van der Waals surface area contributed by atoms with Gasteiger partial charge in [-0.25, -0.2) is 8.42 Å². The molecular weight excluding hydrogens is 386 g/mol. The Morgan fingerprint density at radius 3 is 2.44 bits per heavy atom. The molecule has 0 spiro atoms. The Hall–Kier alpha value is -1.93. The summed E-state index contributed by atoms with van der Waals surface area (Å²) < 4.78 is 27.2. The van der Waals surface area contributed by atoms with Gasteiger partial charge >= 0.3 is 0 Å². The smallest absolute Gasteiger partial charge is 0.255 e. The number of carbonyl (C=O) groups excluding carboxylic acids is 1. The molecule has 1 saturated heterocycles. The molecule has 2 aromatic rings. The lowest BCUT2D eigenvalue weighted by atomic mass is 10.1. The van der Waals surface area contributed by atoms with Crippen molar-refractivity contribution < 1.29 is 13.2 Å². The number of anilines is 1. The molecule has 144 valence electrons. The predicted molar refractivity (Wildman–Crippen MR) is 107 cm³/mol. The minimum absolute atomic E-state index is 0.132. The molecule has 1 amide bonds. The first-order chi connectivity index (χ1) is 12.8. The van der Waals surface area contributed by atoms with Crippen LogP contribution in [-0.4, -0.2) is 56.8 Å². The molecule has 0 unspecified atom stereocenters. The van der Waals surface area contributed by atoms with Crippen LogP contribution in [-0.2, 0) is 10.0 Å². The Morgan fingerprint density at radius 2 is 1.78 bits per heavy atom. The highest BCUT2D eigenvalue weighted by molar-refractivity contribution is 7.89. The first-order valence-electron chi connectivity index (χ1n) is 8.63. The van der Waals surface area contributed by atoms with E-state index in [9.17, 15) is 13.2 Å². The molecule has 27 heavy (non-hydrogen) atoms. The minimum atomic E-state index is -3.62. The molecule has 2 aromatic carbocycles. The summed E-state index contributed by atoms with van der Waals surface area (Å²) in [5.41, 5.74) is 1.76. The van der Waals surface area contributed by atoms with Crippen LogP contribution in [0.15, 0.2) is 47.4 Å². The van der Waals surface area contributed by atoms with Crippen molar-refractivity contribution in [2.75, 3.05) is 38.5 Å². The third kappa shape index (κ3) is 4.50. The van der Waals surface area contributed by atoms with E-state index >= 15 is 0 Å². The molecule has 3 rings (SSSR count). The SMILES string of the molecule is Cc1cc(Cl)ccc1NC(=O)c1cccc(S(=O)(=O)N2CCN(C)CC2)c1. The lowest BCUT2D eigenvalue weighted by Crippen LogP contribution is -2.47. The van der Waals surface area contributed by atoms with Crippen molar-refractivity contribution >= 4 is 33.2 Å². The summed E-state index contributed by atoms with van der Waals surface area (Å²) in [6.45, 7) is 4.11. The average Bonchev–Trinajstić information content (AvgIpc) is 2.64. The van der Waals surface area contributed by atoms with Gasteiger partial charge < -0.3 is 10.2 Å². The van der Waals surface area contributed by atoms with Crippen LogP contribution in [0.5, 0.6) is 0 Å². The highest BCUT2D eigenvalue weighted by Crippen LogP contribution is 2.22. The van der Waals surface area contributed by atoms with Crippen LogP contribution < -0.4 is 5.32 Å². The highest BCUT2D eigenvalue weighted by atomic mass is 35.5. The van der Waals surface area contributed by atoms with Crippen molar-refractivity contribution in [2.45, 2.75) is 11.8 Å². The van der Waals surface area contributed by atoms with Crippen LogP contribution in [0, 0.1) is 6.92 Å². The van der Waals surface area contributed by atoms with Crippen LogP contribution in [0.25, 0.3) is 0 Å². The fraction of sp³-hybridized carbons (Fsp3) is 0.316. The van der Waals surface area contributed by atoms with Crippen molar-refractivity contribution in [2.24, 2.45) is 0 Å². The number of rotatable bonds is 4. The van der Waals surface area contributed by atoms with Crippen molar-refractivity contribution in [1.29, 1.82) is 0 Å². The fourth-order valence-electron chi connectivity index (χ4n) is 2.94. The lowest BCUT2D eigenvalue weighted by molar-refractivity contribution is 0.102. The van der Waals surface area contributed by atoms with E-state index in [1.807, 2.05) is 14.0 Å². The maximum Gasteiger partial charge on any atom is 0.255 e. The number of sulfonamides is 1. The number of piperazine rings is 1. The van der Waals surface area contributed by atoms with Gasteiger partial charge in [-0.15, -0.1) is 0 Å². The molecule has 0 atom stereocenters. The Morgan fingerprint density at radius 1 is 1.07 bits per heavy atom. The third-order valence-corrected chi connectivity index (χ3v) is 6.76. The molecule has 1 aliphatic heterocycles. The second-order valence-corrected chi connectivity index (χ2v) is 9.02. The van der Waals surface area contributed by atoms with Crippen molar-refractivity contribution in [3.63, 3.8) is 0 Å². The molecular formula is C19H22ClN3O3S. The van der Waals surface area contributed by atoms with Crippen LogP contribution in [0.2, 0.25) is 5.02 Å². The van der Waals surface area contributed by atoms with Gasteiger partial charge in [0.25, 0.3) is 5.91 Å². The maximum absolute atomic E-state index is 12.9. The summed E-state index contributed by atoms with van der Waals surface area (Å²) in [6.07, 6.45) is 0. The number of carbonyl (C=O) groups is 1. The van der Waals surface area contributed by atoms with Crippen LogP contribution >= 0.6 is 11.6 Å². The summed E-state index contributed by atoms with van der Waals surface area (Å²) in [6, 6.07) is 11.3. The number of hydrogen-bond donors (Lipinski definition) is 1. The molecule has 1 heterocycles. The summed E-state index contributed by atoms with van der Waals surface area (Å²) in [5.74, 6) is -0.365. The highest BCUT2D eigenvalue weighted by Gasteiger charge is 2.28. The number of hydrogen-bond acceptors (Lipinski definition) is 4. The summed E-state index contributed by atoms with van der Waals surface area (Å²) in [5, 5.41) is 3.39. The van der Waals surface area contributed by atoms with E-state index in [4.69, 9.17) is 11.6 Å². The molecule has 1 fully saturated rings. The van der Waals surface area contributed by atoms with Gasteiger partial charge in [0.05, 0.1) is 4.90 Å². The van der Waals surface area contributed by atoms with Gasteiger partial charge in [-0.1, -0.05) is 17.7 Å². The average molecular weight is 408 g/mol. The van der Waals surface area contributed by atoms with Crippen molar-refractivity contribution in [3.8, 4) is 0 Å². The van der Waals surface area contributed by atoms with Gasteiger partial charge in [0.2, 0.25) is 10.0 Å². The van der Waals surface area contributed by atoms with E-state index in [0.29, 0.717) is 42.5 Å². The van der Waals surface area contributed by atoms with Gasteiger partial charge in [0, 0.05) is 42.5 Å². The van der Waals surface area contributed by atoms with Gasteiger partial charge in [0.15, 0.2) is 0 Å². The van der Waals surface area contributed by atoms with Gasteiger partial charge in [-0.3, -0.25) is 4.79 Å². The zero-order valence-electron chi connectivity index (χ0n) is 15.3. The molecule has 6 nitrogen and oxygen atoms in total. The number of likely N-dealkylation sites (N-methyl/N-ethyl adjacent to an activating group) is 1. The second-order valence-electron chi connectivity index (χ2n) is 6.65. The summed E-state index contributed by atoms with van der Waals surface area (Å²) >= 11 is 5.94. The Labute approximate surface area is 164 Å². The van der Waals surface area contributed by atoms with E-state index < -0.39 is 10.0 Å². The number of aryl methyl sites for hydroxylation is 1. The van der Waals surface area contributed by atoms with Gasteiger partial charge in [-0.05, 0) is 55.9 Å². The Kier molecular flexibility index (Phi) is 5.86. The van der Waals surface area contributed by atoms with E-state index in [1.54, 1.807) is 30.3 Å². The first kappa shape index (κ1) is 19.8. The fourth-order valence-corrected chi connectivity index (χ4v) is 4.63. The zero-order chi connectivity index (χ0) is 19.6. The monoisotopic (exact) mass is 407 g/mol. The molecule has 0 aliphatic carbocycles. The third-order valence-electron chi connectivity index (χ3n) is 4.63. The molecule has 0 aromatic heterocycles. The Balaban J connectivity index is 1.81. The number of amides is 1. The molecule has 0 saturated carbocycles. The summed E-state index contributed by atoms with van der Waals surface area (Å²) in [7, 11) is -1.65. The van der Waals surface area contributed by atoms with E-state index in [2.05, 4.69) is 10.2 Å². The van der Waals surface area contributed by atoms with Crippen molar-refractivity contribution in [3.05, 3.63) is 58.6 Å². The molecule has 0 radical (unpaired) electrons. The molecule has 0 bridgehead atoms. The second kappa shape index (κ2) is 7.98. The summed E-state index contributed by atoms with van der Waals surface area (Å²) in [4.78, 5) is 14.8. The number of halogens is 1. The number of nitrogens with zero attached hydrogens (tertiary/aromatic N) is 2. The van der Waals surface area contributed by atoms with E-state index in [0.717, 1.165) is 5.56 Å². The predicted octanol–water partition coefficient (Wildman–Crippen LogP) is 2.84. The van der Waals surface area contributed by atoms with Crippen LogP contribution in [0.3, 0.4) is 0 Å². The molecule has 1 N–H and O–H groups in total. The van der Waals surface area contributed by atoms with E-state index in [-0.39, 0.29) is 10.8 Å². The quantitative estimate of drug-likeness (QED) is 0.846. The first-order valence-corrected chi connectivity index (χ1v) is 10.5. The number of benzene rings is 2. The lowest BCUT2D eigenvalue weighted by Gasteiger charge is -2.31. The Bertz CT molecular complexity index is 954.